The van der Waals surface area contributed by atoms with Crippen molar-refractivity contribution >= 4 is 23.4 Å². The fourth-order valence-electron chi connectivity index (χ4n) is 3.56. The molecule has 1 atom stereocenters. The Kier molecular flexibility index (Phi) is 5.92. The molecule has 9 nitrogen and oxygen atoms in total. The van der Waals surface area contributed by atoms with Crippen LogP contribution >= 0.6 is 0 Å². The molecule has 0 unspecified atom stereocenters. The van der Waals surface area contributed by atoms with Crippen molar-refractivity contribution in [1.29, 1.82) is 0 Å². The standard InChI is InChI=1S/C22H23N3O6/c1-29-17-4-2-3-16(11-17)25-12-15(10-20(25)26)22(28)24-8-7-23-21(27)14-5-6-18-19(9-14)31-13-30-18/h2-6,9,11,15H,7-8,10,12-13H2,1H3,(H,23,27)(H,24,28)/t15-/m0/s1. The number of nitrogens with one attached hydrogen (secondary N) is 2. The monoisotopic (exact) mass is 425 g/mol. The summed E-state index contributed by atoms with van der Waals surface area (Å²) in [6.07, 6.45) is 0.145. The van der Waals surface area contributed by atoms with Gasteiger partial charge in [-0.3, -0.25) is 14.4 Å². The maximum absolute atomic E-state index is 12.5. The molecule has 2 aromatic carbocycles. The first-order valence-electron chi connectivity index (χ1n) is 9.95. The lowest BCUT2D eigenvalue weighted by atomic mass is 10.1. The van der Waals surface area contributed by atoms with Crippen LogP contribution in [0, 0.1) is 5.92 Å². The van der Waals surface area contributed by atoms with E-state index in [4.69, 9.17) is 14.2 Å². The highest BCUT2D eigenvalue weighted by molar-refractivity contribution is 6.00. The molecule has 3 amide bonds. The van der Waals surface area contributed by atoms with Gasteiger partial charge in [0.25, 0.3) is 5.91 Å². The van der Waals surface area contributed by atoms with Crippen LogP contribution in [0.15, 0.2) is 42.5 Å². The number of methoxy groups -OCH3 is 1. The number of ether oxygens (including phenoxy) is 3. The van der Waals surface area contributed by atoms with Crippen LogP contribution in [0.5, 0.6) is 17.2 Å². The minimum Gasteiger partial charge on any atom is -0.497 e. The molecular formula is C22H23N3O6. The summed E-state index contributed by atoms with van der Waals surface area (Å²) < 4.78 is 15.7. The molecule has 0 saturated carbocycles. The fourth-order valence-corrected chi connectivity index (χ4v) is 3.56. The van der Waals surface area contributed by atoms with Crippen LogP contribution in [0.4, 0.5) is 5.69 Å². The predicted octanol–water partition coefficient (Wildman–Crippen LogP) is 1.32. The number of benzene rings is 2. The van der Waals surface area contributed by atoms with Crippen molar-refractivity contribution in [3.63, 3.8) is 0 Å². The van der Waals surface area contributed by atoms with Gasteiger partial charge in [-0.1, -0.05) is 6.07 Å². The molecule has 0 radical (unpaired) electrons. The van der Waals surface area contributed by atoms with E-state index < -0.39 is 5.92 Å². The van der Waals surface area contributed by atoms with Gasteiger partial charge in [0.05, 0.1) is 13.0 Å². The lowest BCUT2D eigenvalue weighted by Gasteiger charge is -2.17. The van der Waals surface area contributed by atoms with Crippen LogP contribution in [-0.2, 0) is 9.59 Å². The second-order valence-corrected chi connectivity index (χ2v) is 7.22. The van der Waals surface area contributed by atoms with Crippen molar-refractivity contribution in [2.75, 3.05) is 38.4 Å². The summed E-state index contributed by atoms with van der Waals surface area (Å²) in [6, 6.07) is 12.1. The Balaban J connectivity index is 1.24. The molecule has 162 valence electrons. The molecule has 4 rings (SSSR count). The van der Waals surface area contributed by atoms with Gasteiger partial charge in [-0.05, 0) is 30.3 Å². The molecule has 2 aliphatic rings. The van der Waals surface area contributed by atoms with Gasteiger partial charge >= 0.3 is 0 Å². The zero-order chi connectivity index (χ0) is 21.8. The summed E-state index contributed by atoms with van der Waals surface area (Å²) in [6.45, 7) is 0.977. The van der Waals surface area contributed by atoms with E-state index in [2.05, 4.69) is 10.6 Å². The third kappa shape index (κ3) is 4.55. The van der Waals surface area contributed by atoms with E-state index in [0.717, 1.165) is 0 Å². The molecule has 2 aliphatic heterocycles. The number of fused-ring (bicyclic) bond motifs is 1. The maximum atomic E-state index is 12.5. The first-order chi connectivity index (χ1) is 15.0. The van der Waals surface area contributed by atoms with Gasteiger partial charge in [0.15, 0.2) is 11.5 Å². The number of rotatable bonds is 7. The topological polar surface area (TPSA) is 106 Å². The summed E-state index contributed by atoms with van der Waals surface area (Å²) in [5.74, 6) is 0.762. The Bertz CT molecular complexity index is 1010. The fraction of sp³-hybridized carbons (Fsp3) is 0.318. The van der Waals surface area contributed by atoms with Crippen molar-refractivity contribution < 1.29 is 28.6 Å². The molecule has 0 aliphatic carbocycles. The van der Waals surface area contributed by atoms with Gasteiger partial charge in [0.2, 0.25) is 18.6 Å². The lowest BCUT2D eigenvalue weighted by molar-refractivity contribution is -0.126. The maximum Gasteiger partial charge on any atom is 0.251 e. The van der Waals surface area contributed by atoms with Gasteiger partial charge in [0.1, 0.15) is 5.75 Å². The largest absolute Gasteiger partial charge is 0.497 e. The highest BCUT2D eigenvalue weighted by Crippen LogP contribution is 2.32. The molecule has 1 fully saturated rings. The van der Waals surface area contributed by atoms with Gasteiger partial charge in [-0.2, -0.15) is 0 Å². The van der Waals surface area contributed by atoms with Gasteiger partial charge in [-0.15, -0.1) is 0 Å². The average molecular weight is 425 g/mol. The van der Waals surface area contributed by atoms with E-state index in [0.29, 0.717) is 35.0 Å². The van der Waals surface area contributed by atoms with Crippen molar-refractivity contribution in [2.24, 2.45) is 5.92 Å². The van der Waals surface area contributed by atoms with E-state index >= 15 is 0 Å². The molecule has 0 aromatic heterocycles. The van der Waals surface area contributed by atoms with E-state index in [-0.39, 0.29) is 44.0 Å². The normalized spacial score (nSPS) is 16.9. The lowest BCUT2D eigenvalue weighted by Crippen LogP contribution is -2.38. The van der Waals surface area contributed by atoms with E-state index in [9.17, 15) is 14.4 Å². The van der Waals surface area contributed by atoms with E-state index in [1.54, 1.807) is 48.4 Å². The first-order valence-corrected chi connectivity index (χ1v) is 9.95. The summed E-state index contributed by atoms with van der Waals surface area (Å²) in [4.78, 5) is 38.7. The molecule has 9 heteroatoms. The Morgan fingerprint density at radius 2 is 1.90 bits per heavy atom. The summed E-state index contributed by atoms with van der Waals surface area (Å²) in [5.41, 5.74) is 1.15. The van der Waals surface area contributed by atoms with Gasteiger partial charge in [0, 0.05) is 43.4 Å². The number of anilines is 1. The van der Waals surface area contributed by atoms with E-state index in [1.807, 2.05) is 6.07 Å². The SMILES string of the molecule is COc1cccc(N2C[C@@H](C(=O)NCCNC(=O)c3ccc4c(c3)OCO4)CC2=O)c1. The highest BCUT2D eigenvalue weighted by Gasteiger charge is 2.35. The van der Waals surface area contributed by atoms with Gasteiger partial charge < -0.3 is 29.7 Å². The van der Waals surface area contributed by atoms with Crippen molar-refractivity contribution in [3.8, 4) is 17.2 Å². The summed E-state index contributed by atoms with van der Waals surface area (Å²) >= 11 is 0. The third-order valence-corrected chi connectivity index (χ3v) is 5.21. The quantitative estimate of drug-likeness (QED) is 0.649. The minimum atomic E-state index is -0.441. The molecule has 2 aromatic rings. The number of hydrogen-bond donors (Lipinski definition) is 2. The Morgan fingerprint density at radius 3 is 2.74 bits per heavy atom. The van der Waals surface area contributed by atoms with Gasteiger partial charge in [-0.25, -0.2) is 0 Å². The second kappa shape index (κ2) is 8.95. The number of carbonyl (C=O) groups is 3. The first kappa shape index (κ1) is 20.5. The zero-order valence-corrected chi connectivity index (χ0v) is 17.1. The number of carbonyl (C=O) groups excluding carboxylic acids is 3. The Labute approximate surface area is 179 Å². The van der Waals surface area contributed by atoms with E-state index in [1.165, 1.54) is 0 Å². The van der Waals surface area contributed by atoms with Crippen LogP contribution in [0.2, 0.25) is 0 Å². The minimum absolute atomic E-state index is 0.107. The molecule has 2 heterocycles. The molecular weight excluding hydrogens is 402 g/mol. The van der Waals surface area contributed by atoms with Crippen molar-refractivity contribution in [2.45, 2.75) is 6.42 Å². The Hall–Kier alpha value is -3.75. The van der Waals surface area contributed by atoms with Crippen molar-refractivity contribution in [1.82, 2.24) is 10.6 Å². The van der Waals surface area contributed by atoms with Crippen LogP contribution in [0.1, 0.15) is 16.8 Å². The number of nitrogens with zero attached hydrogens (tertiary/aromatic N) is 1. The second-order valence-electron chi connectivity index (χ2n) is 7.22. The van der Waals surface area contributed by atoms with Crippen LogP contribution < -0.4 is 29.7 Å². The van der Waals surface area contributed by atoms with Crippen molar-refractivity contribution in [3.05, 3.63) is 48.0 Å². The molecule has 0 spiro atoms. The highest BCUT2D eigenvalue weighted by atomic mass is 16.7. The number of amides is 3. The molecule has 31 heavy (non-hydrogen) atoms. The summed E-state index contributed by atoms with van der Waals surface area (Å²) in [7, 11) is 1.56. The van der Waals surface area contributed by atoms with Crippen LogP contribution in [0.25, 0.3) is 0 Å². The summed E-state index contributed by atoms with van der Waals surface area (Å²) in [5, 5.41) is 5.54. The smallest absolute Gasteiger partial charge is 0.251 e. The third-order valence-electron chi connectivity index (χ3n) is 5.21. The Morgan fingerprint density at radius 1 is 1.10 bits per heavy atom. The van der Waals surface area contributed by atoms with Crippen LogP contribution in [0.3, 0.4) is 0 Å². The molecule has 1 saturated heterocycles. The average Bonchev–Trinajstić information content (AvgIpc) is 3.42. The molecule has 2 N–H and O–H groups in total. The zero-order valence-electron chi connectivity index (χ0n) is 17.1. The van der Waals surface area contributed by atoms with Crippen LogP contribution in [-0.4, -0.2) is 51.3 Å². The number of hydrogen-bond acceptors (Lipinski definition) is 6. The molecule has 0 bridgehead atoms. The predicted molar refractivity (Wildman–Crippen MR) is 111 cm³/mol.